The molecule has 2 aromatic carbocycles. The number of hydrogen-bond acceptors (Lipinski definition) is 3. The first-order valence-electron chi connectivity index (χ1n) is 7.48. The standard InChI is InChI=1S/C18H13Cl3N2O2S/c1-23(2)18(25)9-3-5-11(6-4-9)22-17(24)16-15(21)14-12(20)7-10(19)8-13(14)26-16/h3-8H,1-2H3,(H,22,24). The number of anilines is 1. The zero-order valence-corrected chi connectivity index (χ0v) is 16.9. The van der Waals surface area contributed by atoms with Crippen LogP contribution in [0.15, 0.2) is 36.4 Å². The highest BCUT2D eigenvalue weighted by Gasteiger charge is 2.20. The number of hydrogen-bond donors (Lipinski definition) is 1. The smallest absolute Gasteiger partial charge is 0.267 e. The number of carbonyl (C=O) groups is 2. The molecule has 0 aliphatic carbocycles. The van der Waals surface area contributed by atoms with Crippen LogP contribution in [0.3, 0.4) is 0 Å². The fourth-order valence-electron chi connectivity index (χ4n) is 2.40. The largest absolute Gasteiger partial charge is 0.345 e. The summed E-state index contributed by atoms with van der Waals surface area (Å²) in [7, 11) is 3.36. The minimum atomic E-state index is -0.352. The molecule has 1 aromatic heterocycles. The van der Waals surface area contributed by atoms with Gasteiger partial charge in [-0.3, -0.25) is 9.59 Å². The van der Waals surface area contributed by atoms with E-state index in [4.69, 9.17) is 34.8 Å². The van der Waals surface area contributed by atoms with Gasteiger partial charge in [0.25, 0.3) is 11.8 Å². The number of nitrogens with zero attached hydrogens (tertiary/aromatic N) is 1. The third-order valence-corrected chi connectivity index (χ3v) is 5.79. The van der Waals surface area contributed by atoms with Crippen molar-refractivity contribution in [3.63, 3.8) is 0 Å². The van der Waals surface area contributed by atoms with Gasteiger partial charge in [-0.05, 0) is 36.4 Å². The highest BCUT2D eigenvalue weighted by Crippen LogP contribution is 2.41. The van der Waals surface area contributed by atoms with Gasteiger partial charge < -0.3 is 10.2 Å². The van der Waals surface area contributed by atoms with Crippen LogP contribution in [0, 0.1) is 0 Å². The van der Waals surface area contributed by atoms with E-state index < -0.39 is 0 Å². The van der Waals surface area contributed by atoms with Gasteiger partial charge in [-0.2, -0.15) is 0 Å². The summed E-state index contributed by atoms with van der Waals surface area (Å²) in [4.78, 5) is 26.3. The Bertz CT molecular complexity index is 1010. The quantitative estimate of drug-likeness (QED) is 0.573. The molecule has 0 saturated carbocycles. The van der Waals surface area contributed by atoms with Gasteiger partial charge in [0.05, 0.1) is 10.0 Å². The van der Waals surface area contributed by atoms with Crippen LogP contribution < -0.4 is 5.32 Å². The monoisotopic (exact) mass is 426 g/mol. The molecular formula is C18H13Cl3N2O2S. The van der Waals surface area contributed by atoms with Crippen molar-refractivity contribution in [3.05, 3.63) is 61.9 Å². The first-order valence-corrected chi connectivity index (χ1v) is 9.43. The molecule has 3 aromatic rings. The van der Waals surface area contributed by atoms with Crippen LogP contribution in [0.5, 0.6) is 0 Å². The summed E-state index contributed by atoms with van der Waals surface area (Å²) >= 11 is 19.8. The number of carbonyl (C=O) groups excluding carboxylic acids is 2. The van der Waals surface area contributed by atoms with Gasteiger partial charge in [0.15, 0.2) is 0 Å². The Morgan fingerprint density at radius 1 is 1.04 bits per heavy atom. The van der Waals surface area contributed by atoms with Gasteiger partial charge >= 0.3 is 0 Å². The SMILES string of the molecule is CN(C)C(=O)c1ccc(NC(=O)c2sc3cc(Cl)cc(Cl)c3c2Cl)cc1. The number of benzene rings is 2. The first-order chi connectivity index (χ1) is 12.3. The normalized spacial score (nSPS) is 10.8. The second-order valence-electron chi connectivity index (χ2n) is 5.74. The number of nitrogens with one attached hydrogen (secondary N) is 1. The number of halogens is 3. The molecule has 0 radical (unpaired) electrons. The van der Waals surface area contributed by atoms with E-state index in [0.29, 0.717) is 36.6 Å². The molecule has 0 spiro atoms. The van der Waals surface area contributed by atoms with E-state index in [1.54, 1.807) is 50.5 Å². The van der Waals surface area contributed by atoms with Crippen LogP contribution in [0.4, 0.5) is 5.69 Å². The maximum absolute atomic E-state index is 12.6. The summed E-state index contributed by atoms with van der Waals surface area (Å²) in [5.74, 6) is -0.461. The Kier molecular flexibility index (Phi) is 5.44. The zero-order valence-electron chi connectivity index (χ0n) is 13.8. The van der Waals surface area contributed by atoms with Gasteiger partial charge in [0.1, 0.15) is 4.88 Å². The lowest BCUT2D eigenvalue weighted by Gasteiger charge is -2.10. The van der Waals surface area contributed by atoms with E-state index in [0.717, 1.165) is 4.70 Å². The molecule has 0 saturated heterocycles. The molecular weight excluding hydrogens is 415 g/mol. The van der Waals surface area contributed by atoms with Crippen LogP contribution in [-0.4, -0.2) is 30.8 Å². The van der Waals surface area contributed by atoms with Crippen molar-refractivity contribution in [2.75, 3.05) is 19.4 Å². The fourth-order valence-corrected chi connectivity index (χ4v) is 4.67. The van der Waals surface area contributed by atoms with Gasteiger partial charge in [-0.15, -0.1) is 11.3 Å². The molecule has 3 rings (SSSR count). The lowest BCUT2D eigenvalue weighted by molar-refractivity contribution is 0.0827. The van der Waals surface area contributed by atoms with E-state index in [1.165, 1.54) is 16.2 Å². The van der Waals surface area contributed by atoms with Crippen molar-refractivity contribution < 1.29 is 9.59 Å². The maximum atomic E-state index is 12.6. The van der Waals surface area contributed by atoms with E-state index in [1.807, 2.05) is 0 Å². The molecule has 1 heterocycles. The summed E-state index contributed by atoms with van der Waals surface area (Å²) in [6.45, 7) is 0. The average molecular weight is 428 g/mol. The van der Waals surface area contributed by atoms with E-state index >= 15 is 0 Å². The molecule has 0 fully saturated rings. The molecule has 8 heteroatoms. The van der Waals surface area contributed by atoms with Crippen molar-refractivity contribution in [2.24, 2.45) is 0 Å². The molecule has 0 unspecified atom stereocenters. The van der Waals surface area contributed by atoms with Gasteiger partial charge in [-0.1, -0.05) is 34.8 Å². The summed E-state index contributed by atoms with van der Waals surface area (Å²) < 4.78 is 0.740. The zero-order chi connectivity index (χ0) is 19.0. The van der Waals surface area contributed by atoms with Crippen molar-refractivity contribution in [2.45, 2.75) is 0 Å². The summed E-state index contributed by atoms with van der Waals surface area (Å²) in [5, 5.41) is 4.56. The van der Waals surface area contributed by atoms with E-state index in [-0.39, 0.29) is 11.8 Å². The molecule has 134 valence electrons. The van der Waals surface area contributed by atoms with Crippen molar-refractivity contribution >= 4 is 73.7 Å². The van der Waals surface area contributed by atoms with Crippen LogP contribution in [-0.2, 0) is 0 Å². The maximum Gasteiger partial charge on any atom is 0.267 e. The second kappa shape index (κ2) is 7.45. The number of fused-ring (bicyclic) bond motifs is 1. The van der Waals surface area contributed by atoms with Gasteiger partial charge in [-0.25, -0.2) is 0 Å². The Morgan fingerprint density at radius 3 is 2.31 bits per heavy atom. The summed E-state index contributed by atoms with van der Waals surface area (Å²) in [6.07, 6.45) is 0. The minimum absolute atomic E-state index is 0.109. The average Bonchev–Trinajstić information content (AvgIpc) is 2.91. The number of amides is 2. The molecule has 1 N–H and O–H groups in total. The third-order valence-electron chi connectivity index (χ3n) is 3.65. The van der Waals surface area contributed by atoms with E-state index in [2.05, 4.69) is 5.32 Å². The predicted octanol–water partition coefficient (Wildman–Crippen LogP) is 5.82. The van der Waals surface area contributed by atoms with Gasteiger partial charge in [0.2, 0.25) is 0 Å². The highest BCUT2D eigenvalue weighted by atomic mass is 35.5. The third kappa shape index (κ3) is 3.67. The Labute approximate surface area is 169 Å². The topological polar surface area (TPSA) is 49.4 Å². The number of thiophene rings is 1. The van der Waals surface area contributed by atoms with Crippen LogP contribution >= 0.6 is 46.1 Å². The van der Waals surface area contributed by atoms with Crippen molar-refractivity contribution in [1.82, 2.24) is 4.90 Å². The van der Waals surface area contributed by atoms with Crippen LogP contribution in [0.1, 0.15) is 20.0 Å². The van der Waals surface area contributed by atoms with Gasteiger partial charge in [0, 0.05) is 40.5 Å². The summed E-state index contributed by atoms with van der Waals surface area (Å²) in [6, 6.07) is 9.95. The molecule has 0 atom stereocenters. The Morgan fingerprint density at radius 2 is 1.69 bits per heavy atom. The predicted molar refractivity (Wildman–Crippen MR) is 109 cm³/mol. The molecule has 4 nitrogen and oxygen atoms in total. The fraction of sp³-hybridized carbons (Fsp3) is 0.111. The van der Waals surface area contributed by atoms with Crippen LogP contribution in [0.2, 0.25) is 15.1 Å². The molecule has 0 bridgehead atoms. The lowest BCUT2D eigenvalue weighted by atomic mass is 10.2. The Balaban J connectivity index is 1.87. The first kappa shape index (κ1) is 19.0. The Hall–Kier alpha value is -1.79. The highest BCUT2D eigenvalue weighted by molar-refractivity contribution is 7.21. The van der Waals surface area contributed by atoms with Crippen molar-refractivity contribution in [1.29, 1.82) is 0 Å². The summed E-state index contributed by atoms with van der Waals surface area (Å²) in [5.41, 5.74) is 1.09. The lowest BCUT2D eigenvalue weighted by Crippen LogP contribution is -2.21. The molecule has 2 amide bonds. The minimum Gasteiger partial charge on any atom is -0.345 e. The second-order valence-corrected chi connectivity index (χ2v) is 8.01. The van der Waals surface area contributed by atoms with E-state index in [9.17, 15) is 9.59 Å². The molecule has 0 aliphatic heterocycles. The van der Waals surface area contributed by atoms with Crippen LogP contribution in [0.25, 0.3) is 10.1 Å². The molecule has 26 heavy (non-hydrogen) atoms. The molecule has 0 aliphatic rings. The number of rotatable bonds is 3. The van der Waals surface area contributed by atoms with Crippen molar-refractivity contribution in [3.8, 4) is 0 Å².